The van der Waals surface area contributed by atoms with Crippen molar-refractivity contribution in [2.45, 2.75) is 75.9 Å². The molecule has 0 spiro atoms. The van der Waals surface area contributed by atoms with Gasteiger partial charge >= 0.3 is 0 Å². The van der Waals surface area contributed by atoms with E-state index in [1.165, 1.54) is 49.3 Å². The van der Waals surface area contributed by atoms with Crippen molar-refractivity contribution in [1.82, 2.24) is 10.2 Å². The van der Waals surface area contributed by atoms with Gasteiger partial charge in [0, 0.05) is 34.3 Å². The summed E-state index contributed by atoms with van der Waals surface area (Å²) in [5.74, 6) is -0.915. The number of ether oxygens (including phenoxy) is 1. The molecule has 0 radical (unpaired) electrons. The topological polar surface area (TPSA) is 139 Å². The first-order valence-corrected chi connectivity index (χ1v) is 17.5. The molecule has 1 N–H and O–H groups in total. The minimum Gasteiger partial charge on any atom is -0.495 e. The fourth-order valence-electron chi connectivity index (χ4n) is 5.70. The molecule has 0 bridgehead atoms. The van der Waals surface area contributed by atoms with Gasteiger partial charge < -0.3 is 15.0 Å². The summed E-state index contributed by atoms with van der Waals surface area (Å²) >= 11 is 12.4. The van der Waals surface area contributed by atoms with E-state index in [4.69, 9.17) is 27.9 Å². The number of carbonyl (C=O) groups excluding carboxylic acids is 2. The summed E-state index contributed by atoms with van der Waals surface area (Å²) in [6, 6.07) is 13.7. The molecule has 252 valence electrons. The fourth-order valence-corrected chi connectivity index (χ4v) is 7.42. The van der Waals surface area contributed by atoms with E-state index in [9.17, 15) is 28.1 Å². The van der Waals surface area contributed by atoms with Crippen LogP contribution in [0, 0.1) is 17.0 Å². The van der Waals surface area contributed by atoms with Crippen LogP contribution in [0.1, 0.15) is 56.6 Å². The first-order valence-electron chi connectivity index (χ1n) is 15.3. The Hall–Kier alpha value is -3.87. The molecule has 2 amide bonds. The van der Waals surface area contributed by atoms with Crippen molar-refractivity contribution < 1.29 is 27.7 Å². The minimum atomic E-state index is -4.63. The Kier molecular flexibility index (Phi) is 12.1. The molecule has 11 nitrogen and oxygen atoms in total. The van der Waals surface area contributed by atoms with E-state index in [1.807, 2.05) is 0 Å². The van der Waals surface area contributed by atoms with E-state index in [0.717, 1.165) is 42.5 Å². The standard InChI is InChI=1S/C33H38Cl2N4O7S/c1-4-28(33(41)36-26-8-6-5-7-9-26)37(20-23-11-13-24(34)14-12-23)32(40)21-38(30-18-25(35)15-17-31(30)46-3)47(44,45)27-16-10-22(2)29(19-27)39(42)43/h10-19,26,28H,4-9,20-21H2,1-3H3,(H,36,41). The molecule has 1 unspecified atom stereocenters. The molecule has 1 aliphatic rings. The molecule has 47 heavy (non-hydrogen) atoms. The molecule has 1 saturated carbocycles. The van der Waals surface area contributed by atoms with Gasteiger partial charge in [-0.05, 0) is 68.1 Å². The van der Waals surface area contributed by atoms with Gasteiger partial charge in [0.1, 0.15) is 18.3 Å². The average molecular weight is 706 g/mol. The summed E-state index contributed by atoms with van der Waals surface area (Å²) in [7, 11) is -3.30. The van der Waals surface area contributed by atoms with Crippen molar-refractivity contribution in [1.29, 1.82) is 0 Å². The number of hydrogen-bond acceptors (Lipinski definition) is 7. The lowest BCUT2D eigenvalue weighted by Gasteiger charge is -2.34. The monoisotopic (exact) mass is 704 g/mol. The quantitative estimate of drug-likeness (QED) is 0.155. The largest absolute Gasteiger partial charge is 0.495 e. The molecule has 1 atom stereocenters. The first kappa shape index (κ1) is 36.0. The number of benzene rings is 3. The van der Waals surface area contributed by atoms with Crippen LogP contribution in [0.15, 0.2) is 65.6 Å². The summed E-state index contributed by atoms with van der Waals surface area (Å²) in [6.45, 7) is 2.51. The number of aryl methyl sites for hydroxylation is 1. The maximum Gasteiger partial charge on any atom is 0.273 e. The molecule has 1 aliphatic carbocycles. The zero-order chi connectivity index (χ0) is 34.3. The summed E-state index contributed by atoms with van der Waals surface area (Å²) in [5.41, 5.74) is 0.490. The van der Waals surface area contributed by atoms with Crippen molar-refractivity contribution in [3.05, 3.63) is 92.0 Å². The maximum absolute atomic E-state index is 14.4. The molecule has 1 fully saturated rings. The Labute approximate surface area is 285 Å². The smallest absolute Gasteiger partial charge is 0.273 e. The van der Waals surface area contributed by atoms with E-state index in [2.05, 4.69) is 5.32 Å². The number of halogens is 2. The zero-order valence-electron chi connectivity index (χ0n) is 26.4. The van der Waals surface area contributed by atoms with E-state index in [1.54, 1.807) is 31.2 Å². The van der Waals surface area contributed by atoms with Crippen molar-refractivity contribution in [2.75, 3.05) is 18.0 Å². The molecule has 0 aliphatic heterocycles. The van der Waals surface area contributed by atoms with Gasteiger partial charge in [-0.2, -0.15) is 0 Å². The van der Waals surface area contributed by atoms with Gasteiger partial charge in [-0.1, -0.05) is 67.6 Å². The third-order valence-electron chi connectivity index (χ3n) is 8.26. The van der Waals surface area contributed by atoms with Gasteiger partial charge in [-0.25, -0.2) is 8.42 Å². The van der Waals surface area contributed by atoms with E-state index < -0.39 is 44.0 Å². The number of nitro groups is 1. The van der Waals surface area contributed by atoms with Crippen LogP contribution in [0.25, 0.3) is 0 Å². The van der Waals surface area contributed by atoms with Crippen LogP contribution in [0.4, 0.5) is 11.4 Å². The average Bonchev–Trinajstić information content (AvgIpc) is 3.04. The number of anilines is 1. The summed E-state index contributed by atoms with van der Waals surface area (Å²) in [5, 5.41) is 15.5. The molecule has 0 saturated heterocycles. The highest BCUT2D eigenvalue weighted by atomic mass is 35.5. The Bertz CT molecular complexity index is 1710. The van der Waals surface area contributed by atoms with Crippen molar-refractivity contribution in [2.24, 2.45) is 0 Å². The van der Waals surface area contributed by atoms with Gasteiger partial charge in [0.05, 0.1) is 22.6 Å². The number of sulfonamides is 1. The highest BCUT2D eigenvalue weighted by molar-refractivity contribution is 7.92. The van der Waals surface area contributed by atoms with Crippen LogP contribution in [0.5, 0.6) is 5.75 Å². The summed E-state index contributed by atoms with van der Waals surface area (Å²) < 4.78 is 34.9. The lowest BCUT2D eigenvalue weighted by molar-refractivity contribution is -0.385. The third-order valence-corrected chi connectivity index (χ3v) is 10.5. The van der Waals surface area contributed by atoms with E-state index >= 15 is 0 Å². The molecule has 14 heteroatoms. The Morgan fingerprint density at radius 3 is 2.30 bits per heavy atom. The second kappa shape index (κ2) is 15.8. The third kappa shape index (κ3) is 8.74. The van der Waals surface area contributed by atoms with Crippen LogP contribution in [-0.4, -0.2) is 55.8 Å². The van der Waals surface area contributed by atoms with Crippen LogP contribution >= 0.6 is 23.2 Å². The van der Waals surface area contributed by atoms with Gasteiger partial charge in [0.15, 0.2) is 0 Å². The van der Waals surface area contributed by atoms with E-state index in [-0.39, 0.29) is 46.9 Å². The molecule has 0 heterocycles. The predicted molar refractivity (Wildman–Crippen MR) is 181 cm³/mol. The normalized spacial score (nSPS) is 14.2. The number of amides is 2. The number of hydrogen-bond donors (Lipinski definition) is 1. The Balaban J connectivity index is 1.80. The second-order valence-electron chi connectivity index (χ2n) is 11.4. The molecular formula is C33H38Cl2N4O7S. The van der Waals surface area contributed by atoms with Gasteiger partial charge in [0.25, 0.3) is 15.7 Å². The van der Waals surface area contributed by atoms with Crippen LogP contribution < -0.4 is 14.4 Å². The summed E-state index contributed by atoms with van der Waals surface area (Å²) in [4.78, 5) is 40.1. The lowest BCUT2D eigenvalue weighted by Crippen LogP contribution is -2.54. The molecule has 4 rings (SSSR count). The van der Waals surface area contributed by atoms with Crippen LogP contribution in [0.3, 0.4) is 0 Å². The number of methoxy groups -OCH3 is 1. The van der Waals surface area contributed by atoms with E-state index in [0.29, 0.717) is 10.6 Å². The number of carbonyl (C=O) groups is 2. The van der Waals surface area contributed by atoms with Crippen molar-refractivity contribution >= 4 is 56.4 Å². The van der Waals surface area contributed by atoms with Crippen LogP contribution in [0.2, 0.25) is 10.0 Å². The molecule has 3 aromatic carbocycles. The highest BCUT2D eigenvalue weighted by Crippen LogP contribution is 2.36. The summed E-state index contributed by atoms with van der Waals surface area (Å²) in [6.07, 6.45) is 5.05. The number of nitrogens with zero attached hydrogens (tertiary/aromatic N) is 3. The number of rotatable bonds is 13. The predicted octanol–water partition coefficient (Wildman–Crippen LogP) is 6.67. The molecule has 3 aromatic rings. The number of nitro benzene ring substituents is 1. The number of nitrogens with one attached hydrogen (secondary N) is 1. The lowest BCUT2D eigenvalue weighted by atomic mass is 9.95. The SMILES string of the molecule is CCC(C(=O)NC1CCCCC1)N(Cc1ccc(Cl)cc1)C(=O)CN(c1cc(Cl)ccc1OC)S(=O)(=O)c1ccc(C)c([N+](=O)[O-])c1. The fraction of sp³-hybridized carbons (Fsp3) is 0.394. The Morgan fingerprint density at radius 1 is 1.02 bits per heavy atom. The zero-order valence-corrected chi connectivity index (χ0v) is 28.8. The maximum atomic E-state index is 14.4. The van der Waals surface area contributed by atoms with Gasteiger partial charge in [-0.3, -0.25) is 24.0 Å². The van der Waals surface area contributed by atoms with Crippen LogP contribution in [-0.2, 0) is 26.2 Å². The minimum absolute atomic E-state index is 0.0107. The molecular weight excluding hydrogens is 667 g/mol. The Morgan fingerprint density at radius 2 is 1.68 bits per heavy atom. The first-order chi connectivity index (χ1) is 22.3. The molecule has 0 aromatic heterocycles. The second-order valence-corrected chi connectivity index (χ2v) is 14.2. The van der Waals surface area contributed by atoms with Crippen molar-refractivity contribution in [3.63, 3.8) is 0 Å². The van der Waals surface area contributed by atoms with Gasteiger partial charge in [0.2, 0.25) is 11.8 Å². The van der Waals surface area contributed by atoms with Gasteiger partial charge in [-0.15, -0.1) is 0 Å². The highest BCUT2D eigenvalue weighted by Gasteiger charge is 2.36. The van der Waals surface area contributed by atoms with Crippen molar-refractivity contribution in [3.8, 4) is 5.75 Å².